The SMILES string of the molecule is Cn1ncc([N+](=O)[O-])c1[C@]1(NC(=O)C(F)(F)F)CCNCCC1=O. The van der Waals surface area contributed by atoms with Gasteiger partial charge in [-0.2, -0.15) is 18.3 Å². The number of aryl methyl sites for hydroxylation is 1. The van der Waals surface area contributed by atoms with Crippen LogP contribution in [0.15, 0.2) is 6.20 Å². The van der Waals surface area contributed by atoms with E-state index in [0.717, 1.165) is 10.9 Å². The van der Waals surface area contributed by atoms with Gasteiger partial charge in [0.05, 0.1) is 4.92 Å². The molecule has 2 N–H and O–H groups in total. The summed E-state index contributed by atoms with van der Waals surface area (Å²) in [4.78, 5) is 34.3. The molecule has 1 aliphatic rings. The molecule has 0 unspecified atom stereocenters. The molecule has 12 heteroatoms. The van der Waals surface area contributed by atoms with Gasteiger partial charge >= 0.3 is 17.8 Å². The number of nitro groups is 1. The first-order valence-electron chi connectivity index (χ1n) is 6.90. The summed E-state index contributed by atoms with van der Waals surface area (Å²) in [5, 5.41) is 19.4. The van der Waals surface area contributed by atoms with Gasteiger partial charge in [0.15, 0.2) is 5.78 Å². The zero-order chi connectivity index (χ0) is 18.1. The average molecular weight is 349 g/mol. The molecule has 24 heavy (non-hydrogen) atoms. The summed E-state index contributed by atoms with van der Waals surface area (Å²) in [5.74, 6) is -3.09. The number of amides is 1. The van der Waals surface area contributed by atoms with Gasteiger partial charge in [-0.15, -0.1) is 0 Å². The van der Waals surface area contributed by atoms with Crippen LogP contribution in [0.25, 0.3) is 0 Å². The fraction of sp³-hybridized carbons (Fsp3) is 0.583. The van der Waals surface area contributed by atoms with Crippen molar-refractivity contribution in [1.29, 1.82) is 0 Å². The normalized spacial score (nSPS) is 22.1. The van der Waals surface area contributed by atoms with Crippen LogP contribution in [0.4, 0.5) is 18.9 Å². The molecule has 132 valence electrons. The molecule has 1 saturated heterocycles. The molecule has 2 heterocycles. The molecule has 1 amide bonds. The summed E-state index contributed by atoms with van der Waals surface area (Å²) in [7, 11) is 1.26. The van der Waals surface area contributed by atoms with Crippen molar-refractivity contribution in [3.8, 4) is 0 Å². The van der Waals surface area contributed by atoms with Crippen molar-refractivity contribution in [3.05, 3.63) is 22.0 Å². The highest BCUT2D eigenvalue weighted by Crippen LogP contribution is 2.35. The van der Waals surface area contributed by atoms with Crippen LogP contribution in [-0.4, -0.2) is 45.7 Å². The minimum atomic E-state index is -5.24. The molecule has 0 bridgehead atoms. The maximum atomic E-state index is 12.7. The number of aromatic nitrogens is 2. The summed E-state index contributed by atoms with van der Waals surface area (Å²) in [6.07, 6.45) is -4.86. The van der Waals surface area contributed by atoms with Crippen molar-refractivity contribution in [2.45, 2.75) is 24.6 Å². The monoisotopic (exact) mass is 349 g/mol. The summed E-state index contributed by atoms with van der Waals surface area (Å²) in [5.41, 5.74) is -3.18. The van der Waals surface area contributed by atoms with Gasteiger partial charge in [-0.1, -0.05) is 0 Å². The first-order chi connectivity index (χ1) is 11.1. The molecule has 1 fully saturated rings. The van der Waals surface area contributed by atoms with Crippen LogP contribution >= 0.6 is 0 Å². The lowest BCUT2D eigenvalue weighted by Crippen LogP contribution is -2.56. The predicted octanol–water partition coefficient (Wildman–Crippen LogP) is 0.155. The number of carbonyl (C=O) groups is 2. The molecule has 0 aromatic carbocycles. The Labute approximate surface area is 133 Å². The first-order valence-corrected chi connectivity index (χ1v) is 6.90. The van der Waals surface area contributed by atoms with Gasteiger partial charge < -0.3 is 10.6 Å². The van der Waals surface area contributed by atoms with Crippen molar-refractivity contribution in [1.82, 2.24) is 20.4 Å². The molecular formula is C12H14F3N5O4. The number of carbonyl (C=O) groups excluding carboxylic acids is 2. The zero-order valence-corrected chi connectivity index (χ0v) is 12.5. The second-order valence-electron chi connectivity index (χ2n) is 5.29. The van der Waals surface area contributed by atoms with Crippen molar-refractivity contribution in [2.24, 2.45) is 7.05 Å². The molecule has 1 aromatic rings. The van der Waals surface area contributed by atoms with E-state index < -0.39 is 34.0 Å². The maximum Gasteiger partial charge on any atom is 0.471 e. The van der Waals surface area contributed by atoms with Gasteiger partial charge in [0.2, 0.25) is 0 Å². The van der Waals surface area contributed by atoms with Crippen LogP contribution in [-0.2, 0) is 22.2 Å². The molecule has 0 spiro atoms. The number of alkyl halides is 3. The summed E-state index contributed by atoms with van der Waals surface area (Å²) in [6.45, 7) is 0.278. The fourth-order valence-corrected chi connectivity index (χ4v) is 2.72. The molecule has 2 rings (SSSR count). The molecule has 1 atom stereocenters. The molecule has 0 saturated carbocycles. The Hall–Kier alpha value is -2.50. The van der Waals surface area contributed by atoms with E-state index in [1.54, 1.807) is 5.32 Å². The lowest BCUT2D eigenvalue weighted by molar-refractivity contribution is -0.386. The van der Waals surface area contributed by atoms with E-state index in [9.17, 15) is 32.9 Å². The van der Waals surface area contributed by atoms with E-state index in [1.807, 2.05) is 0 Å². The summed E-state index contributed by atoms with van der Waals surface area (Å²) in [6, 6.07) is 0. The predicted molar refractivity (Wildman–Crippen MR) is 72.8 cm³/mol. The highest BCUT2D eigenvalue weighted by molar-refractivity contribution is 5.96. The number of rotatable bonds is 3. The van der Waals surface area contributed by atoms with E-state index in [0.29, 0.717) is 0 Å². The van der Waals surface area contributed by atoms with Gasteiger partial charge in [-0.3, -0.25) is 24.4 Å². The van der Waals surface area contributed by atoms with Gasteiger partial charge in [-0.25, -0.2) is 0 Å². The number of hydrogen-bond acceptors (Lipinski definition) is 6. The molecular weight excluding hydrogens is 335 g/mol. The van der Waals surface area contributed by atoms with Crippen LogP contribution in [0.5, 0.6) is 0 Å². The van der Waals surface area contributed by atoms with Gasteiger partial charge in [0.1, 0.15) is 17.4 Å². The highest BCUT2D eigenvalue weighted by atomic mass is 19.4. The maximum absolute atomic E-state index is 12.7. The number of halogens is 3. The van der Waals surface area contributed by atoms with Crippen molar-refractivity contribution in [2.75, 3.05) is 13.1 Å². The standard InChI is InChI=1S/C12H14F3N5O4/c1-19-9(7(6-17-19)20(23)24)11(18-10(22)12(13,14)15)3-5-16-4-2-8(11)21/h6,16H,2-5H2,1H3,(H,18,22)/t11-/m0/s1. The second-order valence-corrected chi connectivity index (χ2v) is 5.29. The van der Waals surface area contributed by atoms with Crippen LogP contribution in [0.2, 0.25) is 0 Å². The topological polar surface area (TPSA) is 119 Å². The second kappa shape index (κ2) is 6.19. The Bertz CT molecular complexity index is 687. The number of nitrogens with one attached hydrogen (secondary N) is 2. The van der Waals surface area contributed by atoms with Crippen LogP contribution in [0.1, 0.15) is 18.5 Å². The Morgan fingerprint density at radius 3 is 2.75 bits per heavy atom. The lowest BCUT2D eigenvalue weighted by Gasteiger charge is -2.31. The van der Waals surface area contributed by atoms with Crippen LogP contribution in [0.3, 0.4) is 0 Å². The Kier molecular flexibility index (Phi) is 4.60. The smallest absolute Gasteiger partial charge is 0.330 e. The quantitative estimate of drug-likeness (QED) is 0.592. The number of hydrogen-bond donors (Lipinski definition) is 2. The highest BCUT2D eigenvalue weighted by Gasteiger charge is 2.52. The molecule has 1 aliphatic heterocycles. The van der Waals surface area contributed by atoms with E-state index in [2.05, 4.69) is 10.4 Å². The molecule has 0 aliphatic carbocycles. The van der Waals surface area contributed by atoms with Crippen LogP contribution < -0.4 is 10.6 Å². The summed E-state index contributed by atoms with van der Waals surface area (Å²) >= 11 is 0. The minimum absolute atomic E-state index is 0.0895. The number of Topliss-reactive ketones (excluding diaryl/α,β-unsaturated/α-hetero) is 1. The van der Waals surface area contributed by atoms with Gasteiger partial charge in [0, 0.05) is 20.0 Å². The Morgan fingerprint density at radius 1 is 1.50 bits per heavy atom. The summed E-state index contributed by atoms with van der Waals surface area (Å²) < 4.78 is 39.1. The largest absolute Gasteiger partial charge is 0.471 e. The minimum Gasteiger partial charge on any atom is -0.330 e. The van der Waals surface area contributed by atoms with Crippen LogP contribution in [0, 0.1) is 10.1 Å². The average Bonchev–Trinajstić information content (AvgIpc) is 2.77. The zero-order valence-electron chi connectivity index (χ0n) is 12.5. The number of ketones is 1. The van der Waals surface area contributed by atoms with Gasteiger partial charge in [0.25, 0.3) is 0 Å². The molecule has 0 radical (unpaired) electrons. The third kappa shape index (κ3) is 3.09. The Morgan fingerprint density at radius 2 is 2.17 bits per heavy atom. The van der Waals surface area contributed by atoms with Gasteiger partial charge in [-0.05, 0) is 13.0 Å². The van der Waals surface area contributed by atoms with E-state index in [1.165, 1.54) is 7.05 Å². The van der Waals surface area contributed by atoms with E-state index >= 15 is 0 Å². The lowest BCUT2D eigenvalue weighted by atomic mass is 9.84. The molecule has 9 nitrogen and oxygen atoms in total. The van der Waals surface area contributed by atoms with E-state index in [-0.39, 0.29) is 31.6 Å². The number of nitrogens with zero attached hydrogens (tertiary/aromatic N) is 3. The fourth-order valence-electron chi connectivity index (χ4n) is 2.72. The van der Waals surface area contributed by atoms with Crippen molar-refractivity contribution < 1.29 is 27.7 Å². The van der Waals surface area contributed by atoms with Crippen molar-refractivity contribution in [3.63, 3.8) is 0 Å². The third-order valence-corrected chi connectivity index (χ3v) is 3.79. The third-order valence-electron chi connectivity index (χ3n) is 3.79. The van der Waals surface area contributed by atoms with E-state index in [4.69, 9.17) is 0 Å². The Balaban J connectivity index is 2.63. The van der Waals surface area contributed by atoms with Crippen molar-refractivity contribution >= 4 is 17.4 Å². The first kappa shape index (κ1) is 17.8. The molecule has 1 aromatic heterocycles.